The highest BCUT2D eigenvalue weighted by atomic mass is 16.6. The molecule has 0 amide bonds. The summed E-state index contributed by atoms with van der Waals surface area (Å²) >= 11 is 0. The van der Waals surface area contributed by atoms with Crippen molar-refractivity contribution in [2.24, 2.45) is 11.8 Å². The molecule has 6 nitrogen and oxygen atoms in total. The fourth-order valence-corrected chi connectivity index (χ4v) is 1.62. The molecule has 0 aliphatic carbocycles. The number of carbonyl (C=O) groups excluding carboxylic acids is 2. The monoisotopic (exact) mass is 294 g/mol. The largest absolute Gasteiger partial charge is 0.465 e. The molecule has 0 heterocycles. The minimum absolute atomic E-state index is 0.126. The molecule has 0 aromatic rings. The minimum atomic E-state index is -0.945. The molecule has 21 heavy (non-hydrogen) atoms. The van der Waals surface area contributed by atoms with Crippen LogP contribution in [0, 0.1) is 34.5 Å². The van der Waals surface area contributed by atoms with Crippen LogP contribution in [-0.2, 0) is 19.1 Å². The molecule has 6 heteroatoms. The summed E-state index contributed by atoms with van der Waals surface area (Å²) in [6, 6.07) is 3.92. The number of carbonyl (C=O) groups is 2. The van der Waals surface area contributed by atoms with Crippen LogP contribution >= 0.6 is 0 Å². The van der Waals surface area contributed by atoms with Crippen molar-refractivity contribution in [3.63, 3.8) is 0 Å². The Balaban J connectivity index is 4.43. The molecule has 0 fully saturated rings. The molecule has 1 unspecified atom stereocenters. The van der Waals surface area contributed by atoms with Crippen LogP contribution in [0.25, 0.3) is 0 Å². The Morgan fingerprint density at radius 3 is 1.76 bits per heavy atom. The van der Waals surface area contributed by atoms with Gasteiger partial charge in [0.15, 0.2) is 5.92 Å². The molecule has 0 saturated carbocycles. The lowest BCUT2D eigenvalue weighted by molar-refractivity contribution is -0.164. The average molecular weight is 294 g/mol. The fraction of sp³-hybridized carbons (Fsp3) is 0.733. The maximum atomic E-state index is 12.0. The van der Waals surface area contributed by atoms with E-state index in [1.807, 2.05) is 19.1 Å². The van der Waals surface area contributed by atoms with E-state index >= 15 is 0 Å². The third-order valence-electron chi connectivity index (χ3n) is 3.08. The number of nitriles is 2. The van der Waals surface area contributed by atoms with Crippen LogP contribution in [0.1, 0.15) is 46.0 Å². The van der Waals surface area contributed by atoms with Crippen LogP contribution in [0.5, 0.6) is 0 Å². The molecular weight excluding hydrogens is 272 g/mol. The summed E-state index contributed by atoms with van der Waals surface area (Å²) in [5, 5.41) is 16.8. The van der Waals surface area contributed by atoms with Gasteiger partial charge in [-0.25, -0.2) is 0 Å². The second-order valence-corrected chi connectivity index (χ2v) is 4.72. The lowest BCUT2D eigenvalue weighted by Gasteiger charge is -2.19. The summed E-state index contributed by atoms with van der Waals surface area (Å²) in [4.78, 5) is 24.0. The quantitative estimate of drug-likeness (QED) is 0.348. The predicted octanol–water partition coefficient (Wildman–Crippen LogP) is 2.34. The van der Waals surface area contributed by atoms with Crippen molar-refractivity contribution in [1.29, 1.82) is 10.5 Å². The Kier molecular flexibility index (Phi) is 10.6. The van der Waals surface area contributed by atoms with Crippen LogP contribution in [0.4, 0.5) is 0 Å². The van der Waals surface area contributed by atoms with Crippen molar-refractivity contribution >= 4 is 11.9 Å². The van der Waals surface area contributed by atoms with E-state index in [1.165, 1.54) is 0 Å². The molecule has 0 saturated heterocycles. The minimum Gasteiger partial charge on any atom is -0.465 e. The molecule has 0 rings (SSSR count). The summed E-state index contributed by atoms with van der Waals surface area (Å²) in [5.41, 5.74) is 0. The number of hydrogen-bond acceptors (Lipinski definition) is 6. The van der Waals surface area contributed by atoms with Gasteiger partial charge in [-0.3, -0.25) is 9.59 Å². The molecule has 116 valence electrons. The van der Waals surface area contributed by atoms with E-state index in [2.05, 4.69) is 0 Å². The van der Waals surface area contributed by atoms with Gasteiger partial charge < -0.3 is 9.47 Å². The van der Waals surface area contributed by atoms with E-state index < -0.39 is 17.9 Å². The summed E-state index contributed by atoms with van der Waals surface area (Å²) < 4.78 is 10.1. The highest BCUT2D eigenvalue weighted by molar-refractivity contribution is 5.95. The number of hydrogen-bond donors (Lipinski definition) is 0. The number of rotatable bonds is 10. The van der Waals surface area contributed by atoms with Crippen molar-refractivity contribution < 1.29 is 19.1 Å². The molecule has 0 radical (unpaired) electrons. The van der Waals surface area contributed by atoms with Gasteiger partial charge in [0.05, 0.1) is 25.4 Å². The van der Waals surface area contributed by atoms with Crippen molar-refractivity contribution in [3.05, 3.63) is 0 Å². The molecule has 0 aliphatic heterocycles. The van der Waals surface area contributed by atoms with Crippen LogP contribution < -0.4 is 0 Å². The first kappa shape index (κ1) is 18.9. The number of unbranched alkanes of at least 4 members (excludes halogenated alkanes) is 2. The van der Waals surface area contributed by atoms with Gasteiger partial charge in [0, 0.05) is 12.8 Å². The predicted molar refractivity (Wildman–Crippen MR) is 74.6 cm³/mol. The molecule has 0 aromatic carbocycles. The molecular formula is C15H22N2O4. The Bertz CT molecular complexity index is 375. The second kappa shape index (κ2) is 11.7. The van der Waals surface area contributed by atoms with Gasteiger partial charge in [-0.2, -0.15) is 10.5 Å². The van der Waals surface area contributed by atoms with Gasteiger partial charge in [0.2, 0.25) is 0 Å². The first-order valence-electron chi connectivity index (χ1n) is 7.15. The zero-order chi connectivity index (χ0) is 16.1. The smallest absolute Gasteiger partial charge is 0.320 e. The Labute approximate surface area is 125 Å². The van der Waals surface area contributed by atoms with Crippen molar-refractivity contribution in [2.75, 3.05) is 13.2 Å². The topological polar surface area (TPSA) is 100 Å². The lowest BCUT2D eigenvalue weighted by atomic mass is 9.92. The second-order valence-electron chi connectivity index (χ2n) is 4.72. The van der Waals surface area contributed by atoms with E-state index in [0.717, 1.165) is 0 Å². The average Bonchev–Trinajstić information content (AvgIpc) is 2.48. The van der Waals surface area contributed by atoms with E-state index in [9.17, 15) is 9.59 Å². The maximum Gasteiger partial charge on any atom is 0.320 e. The van der Waals surface area contributed by atoms with Gasteiger partial charge in [-0.05, 0) is 18.8 Å². The summed E-state index contributed by atoms with van der Waals surface area (Å²) in [6.07, 6.45) is 2.16. The molecule has 0 aromatic heterocycles. The molecule has 0 aliphatic rings. The van der Waals surface area contributed by atoms with Crippen molar-refractivity contribution in [1.82, 2.24) is 0 Å². The molecule has 0 spiro atoms. The standard InChI is InChI=1S/C15H22N2O4/c1-3-12(2)13(14(18)20-10-6-4-8-16)15(19)21-11-7-5-9-17/h12-13H,3-7,10-11H2,1-2H3. The van der Waals surface area contributed by atoms with Crippen LogP contribution in [-0.4, -0.2) is 25.2 Å². The lowest BCUT2D eigenvalue weighted by Crippen LogP contribution is -2.33. The number of ether oxygens (including phenoxy) is 2. The normalized spacial score (nSPS) is 11.3. The zero-order valence-electron chi connectivity index (χ0n) is 12.6. The molecule has 1 atom stereocenters. The van der Waals surface area contributed by atoms with Crippen LogP contribution in [0.3, 0.4) is 0 Å². The Hall–Kier alpha value is -2.08. The first-order chi connectivity index (χ1) is 10.1. The third-order valence-corrected chi connectivity index (χ3v) is 3.08. The first-order valence-corrected chi connectivity index (χ1v) is 7.15. The zero-order valence-corrected chi connectivity index (χ0v) is 12.6. The van der Waals surface area contributed by atoms with Crippen LogP contribution in [0.15, 0.2) is 0 Å². The van der Waals surface area contributed by atoms with E-state index in [1.54, 1.807) is 6.92 Å². The third kappa shape index (κ3) is 7.94. The fourth-order valence-electron chi connectivity index (χ4n) is 1.62. The van der Waals surface area contributed by atoms with Crippen molar-refractivity contribution in [3.8, 4) is 12.1 Å². The Morgan fingerprint density at radius 2 is 1.43 bits per heavy atom. The van der Waals surface area contributed by atoms with Crippen LogP contribution in [0.2, 0.25) is 0 Å². The highest BCUT2D eigenvalue weighted by Gasteiger charge is 2.34. The highest BCUT2D eigenvalue weighted by Crippen LogP contribution is 2.19. The molecule has 0 N–H and O–H groups in total. The summed E-state index contributed by atoms with van der Waals surface area (Å²) in [7, 11) is 0. The van der Waals surface area contributed by atoms with Gasteiger partial charge in [-0.15, -0.1) is 0 Å². The number of esters is 2. The number of nitrogens with zero attached hydrogens (tertiary/aromatic N) is 2. The van der Waals surface area contributed by atoms with Crippen molar-refractivity contribution in [2.45, 2.75) is 46.0 Å². The van der Waals surface area contributed by atoms with Gasteiger partial charge >= 0.3 is 11.9 Å². The summed E-state index contributed by atoms with van der Waals surface area (Å²) in [5.74, 6) is -2.34. The maximum absolute atomic E-state index is 12.0. The van der Waals surface area contributed by atoms with Gasteiger partial charge in [0.1, 0.15) is 0 Å². The van der Waals surface area contributed by atoms with Gasteiger partial charge in [-0.1, -0.05) is 20.3 Å². The SMILES string of the molecule is CCC(C)C(C(=O)OCCCC#N)C(=O)OCCCC#N. The van der Waals surface area contributed by atoms with Gasteiger partial charge in [0.25, 0.3) is 0 Å². The Morgan fingerprint density at radius 1 is 1.00 bits per heavy atom. The molecule has 0 bridgehead atoms. The van der Waals surface area contributed by atoms with E-state index in [4.69, 9.17) is 20.0 Å². The van der Waals surface area contributed by atoms with E-state index in [0.29, 0.717) is 32.1 Å². The summed E-state index contributed by atoms with van der Waals surface area (Å²) in [6.45, 7) is 3.92. The van der Waals surface area contributed by atoms with E-state index in [-0.39, 0.29) is 19.1 Å².